The number of hydrogen-bond acceptors (Lipinski definition) is 6. The summed E-state index contributed by atoms with van der Waals surface area (Å²) in [5.74, 6) is -2.37. The van der Waals surface area contributed by atoms with E-state index in [9.17, 15) is 29.8 Å². The Bertz CT molecular complexity index is 462. The molecule has 0 atom stereocenters. The highest BCUT2D eigenvalue weighted by Crippen LogP contribution is 2.24. The predicted molar refractivity (Wildman–Crippen MR) is 48.0 cm³/mol. The van der Waals surface area contributed by atoms with Gasteiger partial charge < -0.3 is 0 Å². The summed E-state index contributed by atoms with van der Waals surface area (Å²) in [6, 6.07) is 0. The number of carbonyl (C=O) groups is 2. The van der Waals surface area contributed by atoms with Crippen LogP contribution in [0.4, 0.5) is 0 Å². The van der Waals surface area contributed by atoms with E-state index in [1.54, 1.807) is 0 Å². The summed E-state index contributed by atoms with van der Waals surface area (Å²) < 4.78 is -0.580. The van der Waals surface area contributed by atoms with Gasteiger partial charge >= 0.3 is 17.2 Å². The molecule has 0 aromatic carbocycles. The highest BCUT2D eigenvalue weighted by Gasteiger charge is 2.42. The maximum atomic E-state index is 11.2. The van der Waals surface area contributed by atoms with E-state index in [2.05, 4.69) is 15.9 Å². The van der Waals surface area contributed by atoms with Gasteiger partial charge in [0.15, 0.2) is 0 Å². The lowest BCUT2D eigenvalue weighted by Crippen LogP contribution is -2.25. The van der Waals surface area contributed by atoms with E-state index in [4.69, 9.17) is 0 Å². The Morgan fingerprint density at radius 3 is 2.07 bits per heavy atom. The molecule has 0 radical (unpaired) electrons. The molecule has 0 fully saturated rings. The number of hydrogen-bond donors (Lipinski definition) is 0. The lowest BCUT2D eigenvalue weighted by molar-refractivity contribution is -0.434. The Hall–Kier alpha value is -1.90. The summed E-state index contributed by atoms with van der Waals surface area (Å²) >= 11 is 2.54. The van der Waals surface area contributed by atoms with Gasteiger partial charge in [-0.2, -0.15) is 0 Å². The zero-order chi connectivity index (χ0) is 11.7. The standard InChI is InChI=1S/C6HBrN2O6/c7-4-3(10)1-2(8(12)13)6(11)5(4)9(14)15/h1H. The first-order chi connectivity index (χ1) is 6.86. The van der Waals surface area contributed by atoms with Crippen LogP contribution in [0.3, 0.4) is 0 Å². The van der Waals surface area contributed by atoms with Crippen molar-refractivity contribution in [2.24, 2.45) is 0 Å². The van der Waals surface area contributed by atoms with Crippen LogP contribution in [0.5, 0.6) is 0 Å². The second kappa shape index (κ2) is 3.69. The van der Waals surface area contributed by atoms with E-state index in [0.717, 1.165) is 0 Å². The van der Waals surface area contributed by atoms with Crippen LogP contribution in [0, 0.1) is 20.2 Å². The largest absolute Gasteiger partial charge is 0.341 e. The summed E-state index contributed by atoms with van der Waals surface area (Å²) in [4.78, 5) is 40.6. The first-order valence-electron chi connectivity index (χ1n) is 3.35. The molecule has 0 bridgehead atoms. The molecule has 0 aromatic heterocycles. The first-order valence-corrected chi connectivity index (χ1v) is 4.15. The Balaban J connectivity index is 3.36. The zero-order valence-corrected chi connectivity index (χ0v) is 8.39. The minimum absolute atomic E-state index is 0.444. The molecule has 1 aliphatic rings. The van der Waals surface area contributed by atoms with Gasteiger partial charge in [-0.15, -0.1) is 0 Å². The molecule has 8 nitrogen and oxygen atoms in total. The van der Waals surface area contributed by atoms with Gasteiger partial charge in [-0.05, 0) is 15.9 Å². The molecule has 0 aromatic rings. The van der Waals surface area contributed by atoms with Crippen molar-refractivity contribution >= 4 is 27.5 Å². The summed E-state index contributed by atoms with van der Waals surface area (Å²) in [6.07, 6.45) is 0.444. The second-order valence-corrected chi connectivity index (χ2v) is 3.19. The van der Waals surface area contributed by atoms with Crippen molar-refractivity contribution in [2.75, 3.05) is 0 Å². The van der Waals surface area contributed by atoms with Crippen LogP contribution in [0.1, 0.15) is 0 Å². The van der Waals surface area contributed by atoms with Crippen molar-refractivity contribution < 1.29 is 19.4 Å². The summed E-state index contributed by atoms with van der Waals surface area (Å²) in [7, 11) is 0. The molecule has 1 aliphatic carbocycles. The molecular weight excluding hydrogens is 276 g/mol. The Morgan fingerprint density at radius 1 is 1.13 bits per heavy atom. The van der Waals surface area contributed by atoms with Crippen LogP contribution >= 0.6 is 15.9 Å². The molecule has 9 heteroatoms. The molecule has 78 valence electrons. The number of rotatable bonds is 2. The molecule has 0 saturated carbocycles. The highest BCUT2D eigenvalue weighted by atomic mass is 79.9. The molecule has 0 aliphatic heterocycles. The Kier molecular flexibility index (Phi) is 2.75. The van der Waals surface area contributed by atoms with Gasteiger partial charge in [0.2, 0.25) is 5.78 Å². The highest BCUT2D eigenvalue weighted by molar-refractivity contribution is 9.12. The van der Waals surface area contributed by atoms with Gasteiger partial charge in [0.05, 0.1) is 15.9 Å². The van der Waals surface area contributed by atoms with Gasteiger partial charge in [0, 0.05) is 0 Å². The Morgan fingerprint density at radius 2 is 1.67 bits per heavy atom. The lowest BCUT2D eigenvalue weighted by atomic mass is 10.1. The van der Waals surface area contributed by atoms with Crippen LogP contribution in [0.25, 0.3) is 0 Å². The van der Waals surface area contributed by atoms with Gasteiger partial charge in [-0.1, -0.05) is 0 Å². The first kappa shape index (κ1) is 11.2. The average molecular weight is 277 g/mol. The predicted octanol–water partition coefficient (Wildman–Crippen LogP) is 0.182. The molecular formula is C6HBrN2O6. The number of carbonyl (C=O) groups excluding carboxylic acids is 2. The smallest absolute Gasteiger partial charge is 0.288 e. The maximum absolute atomic E-state index is 11.2. The van der Waals surface area contributed by atoms with E-state index in [1.807, 2.05) is 0 Å². The third-order valence-corrected chi connectivity index (χ3v) is 2.29. The molecule has 15 heavy (non-hydrogen) atoms. The number of nitrogens with zero attached hydrogens (tertiary/aromatic N) is 2. The van der Waals surface area contributed by atoms with Crippen molar-refractivity contribution in [3.63, 3.8) is 0 Å². The number of halogens is 1. The summed E-state index contributed by atoms with van der Waals surface area (Å²) in [5, 5.41) is 20.7. The molecule has 0 amide bonds. The number of ketones is 2. The SMILES string of the molecule is O=C1C=C([N+](=O)[O-])C(=O)C([N+](=O)[O-])=C1Br. The van der Waals surface area contributed by atoms with Crippen LogP contribution in [0.15, 0.2) is 22.0 Å². The van der Waals surface area contributed by atoms with Gasteiger partial charge in [-0.3, -0.25) is 29.8 Å². The fourth-order valence-electron chi connectivity index (χ4n) is 0.889. The van der Waals surface area contributed by atoms with E-state index in [-0.39, 0.29) is 0 Å². The van der Waals surface area contributed by atoms with E-state index in [0.29, 0.717) is 6.08 Å². The minimum atomic E-state index is -1.39. The third-order valence-electron chi connectivity index (χ3n) is 1.52. The van der Waals surface area contributed by atoms with Crippen molar-refractivity contribution in [3.05, 3.63) is 42.2 Å². The van der Waals surface area contributed by atoms with Crippen LogP contribution in [0.2, 0.25) is 0 Å². The fraction of sp³-hybridized carbons (Fsp3) is 0. The topological polar surface area (TPSA) is 120 Å². The van der Waals surface area contributed by atoms with E-state index in [1.165, 1.54) is 0 Å². The number of Topliss-reactive ketones (excluding diaryl/α,β-unsaturated/α-hetero) is 1. The molecule has 0 heterocycles. The second-order valence-electron chi connectivity index (χ2n) is 2.40. The Labute approximate surface area is 89.7 Å². The van der Waals surface area contributed by atoms with Gasteiger partial charge in [0.1, 0.15) is 4.48 Å². The molecule has 0 unspecified atom stereocenters. The number of allylic oxidation sites excluding steroid dienone is 2. The normalized spacial score (nSPS) is 16.5. The average Bonchev–Trinajstić information content (AvgIpc) is 2.10. The molecule has 0 saturated heterocycles. The van der Waals surface area contributed by atoms with Crippen molar-refractivity contribution in [1.29, 1.82) is 0 Å². The lowest BCUT2D eigenvalue weighted by Gasteiger charge is -2.03. The molecule has 0 spiro atoms. The zero-order valence-electron chi connectivity index (χ0n) is 6.80. The van der Waals surface area contributed by atoms with Gasteiger partial charge in [0.25, 0.3) is 0 Å². The van der Waals surface area contributed by atoms with E-state index >= 15 is 0 Å². The maximum Gasteiger partial charge on any atom is 0.341 e. The van der Waals surface area contributed by atoms with Crippen LogP contribution in [-0.4, -0.2) is 21.4 Å². The van der Waals surface area contributed by atoms with Crippen molar-refractivity contribution in [2.45, 2.75) is 0 Å². The fourth-order valence-corrected chi connectivity index (χ4v) is 1.33. The number of nitro groups is 2. The molecule has 1 rings (SSSR count). The molecule has 0 N–H and O–H groups in total. The van der Waals surface area contributed by atoms with Crippen molar-refractivity contribution in [3.8, 4) is 0 Å². The van der Waals surface area contributed by atoms with Crippen molar-refractivity contribution in [1.82, 2.24) is 0 Å². The van der Waals surface area contributed by atoms with E-state index < -0.39 is 37.3 Å². The summed E-state index contributed by atoms with van der Waals surface area (Å²) in [6.45, 7) is 0. The van der Waals surface area contributed by atoms with Gasteiger partial charge in [-0.25, -0.2) is 0 Å². The monoisotopic (exact) mass is 276 g/mol. The minimum Gasteiger partial charge on any atom is -0.288 e. The van der Waals surface area contributed by atoms with Crippen LogP contribution in [-0.2, 0) is 9.59 Å². The quantitative estimate of drug-likeness (QED) is 0.403. The van der Waals surface area contributed by atoms with Crippen LogP contribution < -0.4 is 0 Å². The third kappa shape index (κ3) is 1.81. The summed E-state index contributed by atoms with van der Waals surface area (Å²) in [5.41, 5.74) is -2.22.